The molecular weight excluding hydrogens is 406 g/mol. The zero-order chi connectivity index (χ0) is 22.1. The number of nitrogens with zero attached hydrogens (tertiary/aromatic N) is 5. The highest BCUT2D eigenvalue weighted by molar-refractivity contribution is 5.70. The van der Waals surface area contributed by atoms with Crippen molar-refractivity contribution in [3.63, 3.8) is 0 Å². The van der Waals surface area contributed by atoms with Gasteiger partial charge in [0.1, 0.15) is 11.6 Å². The lowest BCUT2D eigenvalue weighted by Gasteiger charge is -2.11. The topological polar surface area (TPSA) is 96.1 Å². The molecule has 1 aromatic carbocycles. The van der Waals surface area contributed by atoms with Crippen LogP contribution >= 0.6 is 0 Å². The third-order valence-corrected chi connectivity index (χ3v) is 5.59. The van der Waals surface area contributed by atoms with Gasteiger partial charge in [0.05, 0.1) is 25.5 Å². The van der Waals surface area contributed by atoms with Gasteiger partial charge in [0.15, 0.2) is 0 Å². The van der Waals surface area contributed by atoms with Crippen LogP contribution in [0.1, 0.15) is 29.7 Å². The summed E-state index contributed by atoms with van der Waals surface area (Å²) in [5, 5.41) is 3.97. The van der Waals surface area contributed by atoms with E-state index in [4.69, 9.17) is 14.0 Å². The van der Waals surface area contributed by atoms with Crippen molar-refractivity contribution in [1.82, 2.24) is 25.1 Å². The van der Waals surface area contributed by atoms with Crippen molar-refractivity contribution in [3.05, 3.63) is 66.2 Å². The van der Waals surface area contributed by atoms with Gasteiger partial charge in [-0.25, -0.2) is 4.98 Å². The molecule has 0 aliphatic heterocycles. The second-order valence-electron chi connectivity index (χ2n) is 7.89. The van der Waals surface area contributed by atoms with E-state index in [1.807, 2.05) is 43.3 Å². The molecule has 2 atom stereocenters. The second-order valence-corrected chi connectivity index (χ2v) is 7.89. The molecule has 1 aliphatic carbocycles. The molecule has 0 N–H and O–H groups in total. The first kappa shape index (κ1) is 20.1. The number of aromatic nitrogens is 5. The fraction of sp³-hybridized carbons (Fsp3) is 0.292. The summed E-state index contributed by atoms with van der Waals surface area (Å²) in [5.41, 5.74) is 3.78. The maximum Gasteiger partial charge on any atom is 0.224 e. The van der Waals surface area contributed by atoms with Crippen molar-refractivity contribution in [1.29, 1.82) is 0 Å². The Morgan fingerprint density at radius 1 is 0.969 bits per heavy atom. The largest absolute Gasteiger partial charge is 0.495 e. The molecule has 3 aromatic heterocycles. The fourth-order valence-corrected chi connectivity index (χ4v) is 3.68. The summed E-state index contributed by atoms with van der Waals surface area (Å²) >= 11 is 0. The van der Waals surface area contributed by atoms with Crippen LogP contribution in [0.5, 0.6) is 11.6 Å². The molecule has 4 aromatic rings. The third-order valence-electron chi connectivity index (χ3n) is 5.59. The summed E-state index contributed by atoms with van der Waals surface area (Å²) < 4.78 is 16.4. The van der Waals surface area contributed by atoms with Gasteiger partial charge in [-0.1, -0.05) is 29.4 Å². The lowest BCUT2D eigenvalue weighted by Crippen LogP contribution is -2.05. The Morgan fingerprint density at radius 2 is 1.78 bits per heavy atom. The highest BCUT2D eigenvalue weighted by Crippen LogP contribution is 2.47. The van der Waals surface area contributed by atoms with E-state index < -0.39 is 0 Å². The van der Waals surface area contributed by atoms with Crippen LogP contribution in [0.4, 0.5) is 0 Å². The maximum absolute atomic E-state index is 6.17. The van der Waals surface area contributed by atoms with E-state index in [9.17, 15) is 0 Å². The molecule has 1 aliphatic rings. The van der Waals surface area contributed by atoms with Crippen LogP contribution in [0.2, 0.25) is 0 Å². The quantitative estimate of drug-likeness (QED) is 0.427. The van der Waals surface area contributed by atoms with E-state index >= 15 is 0 Å². The lowest BCUT2D eigenvalue weighted by molar-refractivity contribution is 0.285. The minimum absolute atomic E-state index is 0.407. The van der Waals surface area contributed by atoms with Crippen molar-refractivity contribution >= 4 is 0 Å². The Morgan fingerprint density at radius 3 is 2.47 bits per heavy atom. The SMILES string of the molecule is COc1ccc([C@H]2C[C@@H]2COc2nc(C)ncc2-c2ccc(-c3noc(C)n3)cc2)nc1. The predicted octanol–water partition coefficient (Wildman–Crippen LogP) is 4.40. The minimum Gasteiger partial charge on any atom is -0.495 e. The van der Waals surface area contributed by atoms with E-state index in [-0.39, 0.29) is 0 Å². The van der Waals surface area contributed by atoms with Crippen LogP contribution in [0.15, 0.2) is 53.3 Å². The molecule has 162 valence electrons. The van der Waals surface area contributed by atoms with Crippen LogP contribution < -0.4 is 9.47 Å². The van der Waals surface area contributed by atoms with Gasteiger partial charge < -0.3 is 14.0 Å². The Hall–Kier alpha value is -3.81. The number of aryl methyl sites for hydroxylation is 2. The van der Waals surface area contributed by atoms with Gasteiger partial charge in [-0.05, 0) is 31.0 Å². The summed E-state index contributed by atoms with van der Waals surface area (Å²) in [6, 6.07) is 11.9. The number of methoxy groups -OCH3 is 1. The van der Waals surface area contributed by atoms with Gasteiger partial charge in [0.25, 0.3) is 0 Å². The molecule has 0 spiro atoms. The Bertz CT molecular complexity index is 1220. The van der Waals surface area contributed by atoms with E-state index in [0.717, 1.165) is 34.6 Å². The van der Waals surface area contributed by atoms with E-state index in [2.05, 4.69) is 25.1 Å². The van der Waals surface area contributed by atoms with Gasteiger partial charge >= 0.3 is 0 Å². The summed E-state index contributed by atoms with van der Waals surface area (Å²) in [5.74, 6) is 3.96. The molecule has 8 nitrogen and oxygen atoms in total. The van der Waals surface area contributed by atoms with Crippen molar-refractivity contribution in [2.75, 3.05) is 13.7 Å². The van der Waals surface area contributed by atoms with Crippen molar-refractivity contribution in [3.8, 4) is 34.1 Å². The molecule has 8 heteroatoms. The Labute approximate surface area is 185 Å². The normalized spacial score (nSPS) is 17.2. The maximum atomic E-state index is 6.17. The molecule has 3 heterocycles. The van der Waals surface area contributed by atoms with Crippen molar-refractivity contribution < 1.29 is 14.0 Å². The summed E-state index contributed by atoms with van der Waals surface area (Å²) in [7, 11) is 1.64. The first-order chi connectivity index (χ1) is 15.6. The standard InChI is InChI=1S/C24H23N5O3/c1-14-25-12-21(16-4-6-17(7-5-16)23-28-15(2)32-29-23)24(27-14)31-13-18-10-20(18)22-9-8-19(30-3)11-26-22/h4-9,11-12,18,20H,10,13H2,1-3H3/t18-,20+/m1/s1. The first-order valence-corrected chi connectivity index (χ1v) is 10.5. The lowest BCUT2D eigenvalue weighted by atomic mass is 10.1. The number of ether oxygens (including phenoxy) is 2. The van der Waals surface area contributed by atoms with Gasteiger partial charge in [-0.3, -0.25) is 4.98 Å². The summed E-state index contributed by atoms with van der Waals surface area (Å²) in [6.45, 7) is 4.22. The minimum atomic E-state index is 0.407. The van der Waals surface area contributed by atoms with Crippen LogP contribution in [-0.2, 0) is 0 Å². The average molecular weight is 429 g/mol. The van der Waals surface area contributed by atoms with Gasteiger partial charge in [-0.2, -0.15) is 9.97 Å². The molecule has 1 fully saturated rings. The highest BCUT2D eigenvalue weighted by atomic mass is 16.5. The van der Waals surface area contributed by atoms with E-state index in [1.54, 1.807) is 26.4 Å². The third kappa shape index (κ3) is 4.16. The molecule has 0 saturated heterocycles. The van der Waals surface area contributed by atoms with Gasteiger partial charge in [0, 0.05) is 36.2 Å². The second kappa shape index (κ2) is 8.37. The molecule has 32 heavy (non-hydrogen) atoms. The molecule has 1 saturated carbocycles. The monoisotopic (exact) mass is 429 g/mol. The van der Waals surface area contributed by atoms with Crippen LogP contribution in [0.25, 0.3) is 22.5 Å². The smallest absolute Gasteiger partial charge is 0.224 e. The van der Waals surface area contributed by atoms with Crippen LogP contribution in [0, 0.1) is 19.8 Å². The van der Waals surface area contributed by atoms with Crippen molar-refractivity contribution in [2.24, 2.45) is 5.92 Å². The Kier molecular flexibility index (Phi) is 5.26. The van der Waals surface area contributed by atoms with Gasteiger partial charge in [0.2, 0.25) is 17.6 Å². The van der Waals surface area contributed by atoms with Gasteiger partial charge in [-0.15, -0.1) is 0 Å². The zero-order valence-corrected chi connectivity index (χ0v) is 18.1. The van der Waals surface area contributed by atoms with Crippen LogP contribution in [0.3, 0.4) is 0 Å². The number of rotatable bonds is 7. The molecule has 0 radical (unpaired) electrons. The fourth-order valence-electron chi connectivity index (χ4n) is 3.68. The molecular formula is C24H23N5O3. The molecule has 0 amide bonds. The first-order valence-electron chi connectivity index (χ1n) is 10.5. The number of pyridine rings is 1. The number of hydrogen-bond donors (Lipinski definition) is 0. The zero-order valence-electron chi connectivity index (χ0n) is 18.1. The summed E-state index contributed by atoms with van der Waals surface area (Å²) in [6.07, 6.45) is 4.62. The van der Waals surface area contributed by atoms with E-state index in [0.29, 0.717) is 41.9 Å². The number of hydrogen-bond acceptors (Lipinski definition) is 8. The highest BCUT2D eigenvalue weighted by Gasteiger charge is 2.40. The molecule has 0 unspecified atom stereocenters. The molecule has 0 bridgehead atoms. The van der Waals surface area contributed by atoms with Crippen molar-refractivity contribution in [2.45, 2.75) is 26.2 Å². The summed E-state index contributed by atoms with van der Waals surface area (Å²) in [4.78, 5) is 17.7. The number of benzene rings is 1. The molecule has 5 rings (SSSR count). The van der Waals surface area contributed by atoms with Crippen LogP contribution in [-0.4, -0.2) is 38.8 Å². The Balaban J connectivity index is 1.29. The average Bonchev–Trinajstić information content (AvgIpc) is 3.48. The predicted molar refractivity (Wildman–Crippen MR) is 117 cm³/mol. The van der Waals surface area contributed by atoms with E-state index in [1.165, 1.54) is 0 Å².